The fourth-order valence-electron chi connectivity index (χ4n) is 5.79. The standard InChI is InChI=1S/C28H37N3O5S/c1-30(28(33)34)19-21-7-6-8-24-23(21)13-14-26-25(24)15-18-31(26)17-5-3-4-16-29-27(32)20-9-11-22(12-10-20)37(2,35)36/h6-12,25-26H,3-5,13-19H2,1-2H3,(H,29,32)(H,33,34)/t25-,26+/m1/s1. The molecule has 2 aromatic carbocycles. The van der Waals surface area contributed by atoms with Crippen LogP contribution >= 0.6 is 0 Å². The predicted octanol–water partition coefficient (Wildman–Crippen LogP) is 3.90. The molecule has 0 radical (unpaired) electrons. The van der Waals surface area contributed by atoms with Crippen molar-refractivity contribution in [3.8, 4) is 0 Å². The number of carboxylic acid groups (broad SMARTS) is 1. The van der Waals surface area contributed by atoms with Gasteiger partial charge in [-0.2, -0.15) is 0 Å². The smallest absolute Gasteiger partial charge is 0.407 e. The van der Waals surface area contributed by atoms with Gasteiger partial charge in [0.25, 0.3) is 5.91 Å². The average Bonchev–Trinajstić information content (AvgIpc) is 3.29. The molecule has 0 aromatic heterocycles. The molecule has 1 saturated heterocycles. The van der Waals surface area contributed by atoms with E-state index in [1.807, 2.05) is 0 Å². The fourth-order valence-corrected chi connectivity index (χ4v) is 6.42. The number of rotatable bonds is 10. The first kappa shape index (κ1) is 27.1. The van der Waals surface area contributed by atoms with Gasteiger partial charge in [0.2, 0.25) is 0 Å². The molecule has 0 spiro atoms. The van der Waals surface area contributed by atoms with Gasteiger partial charge in [-0.15, -0.1) is 0 Å². The van der Waals surface area contributed by atoms with E-state index in [1.54, 1.807) is 19.2 Å². The number of nitrogens with one attached hydrogen (secondary N) is 1. The van der Waals surface area contributed by atoms with Gasteiger partial charge in [0.15, 0.2) is 9.84 Å². The lowest BCUT2D eigenvalue weighted by molar-refractivity contribution is 0.0952. The molecular weight excluding hydrogens is 490 g/mol. The lowest BCUT2D eigenvalue weighted by Gasteiger charge is -2.34. The van der Waals surface area contributed by atoms with Crippen molar-refractivity contribution in [1.82, 2.24) is 15.1 Å². The van der Waals surface area contributed by atoms with Crippen molar-refractivity contribution >= 4 is 21.8 Å². The summed E-state index contributed by atoms with van der Waals surface area (Å²) >= 11 is 0. The summed E-state index contributed by atoms with van der Waals surface area (Å²) in [5.74, 6) is 0.337. The average molecular weight is 528 g/mol. The minimum Gasteiger partial charge on any atom is -0.465 e. The van der Waals surface area contributed by atoms with E-state index < -0.39 is 15.9 Å². The molecule has 2 atom stereocenters. The highest BCUT2D eigenvalue weighted by molar-refractivity contribution is 7.90. The van der Waals surface area contributed by atoms with E-state index in [1.165, 1.54) is 28.2 Å². The lowest BCUT2D eigenvalue weighted by atomic mass is 9.77. The van der Waals surface area contributed by atoms with Crippen molar-refractivity contribution in [3.63, 3.8) is 0 Å². The topological polar surface area (TPSA) is 107 Å². The first-order valence-electron chi connectivity index (χ1n) is 13.0. The van der Waals surface area contributed by atoms with Crippen molar-refractivity contribution in [2.75, 3.05) is 32.9 Å². The Labute approximate surface area is 219 Å². The Kier molecular flexibility index (Phi) is 8.54. The van der Waals surface area contributed by atoms with Crippen LogP contribution in [0.2, 0.25) is 0 Å². The maximum absolute atomic E-state index is 12.3. The number of nitrogens with zero attached hydrogens (tertiary/aromatic N) is 2. The van der Waals surface area contributed by atoms with Gasteiger partial charge in [0.05, 0.1) is 4.90 Å². The van der Waals surface area contributed by atoms with E-state index in [4.69, 9.17) is 0 Å². The van der Waals surface area contributed by atoms with Crippen LogP contribution in [0.3, 0.4) is 0 Å². The van der Waals surface area contributed by atoms with Gasteiger partial charge in [0.1, 0.15) is 0 Å². The number of carbonyl (C=O) groups is 2. The number of hydrogen-bond donors (Lipinski definition) is 2. The van der Waals surface area contributed by atoms with E-state index in [9.17, 15) is 23.1 Å². The third kappa shape index (κ3) is 6.51. The minimum atomic E-state index is -3.27. The third-order valence-corrected chi connectivity index (χ3v) is 8.87. The van der Waals surface area contributed by atoms with E-state index in [0.29, 0.717) is 30.6 Å². The molecule has 0 saturated carbocycles. The molecule has 1 aliphatic heterocycles. The molecule has 200 valence electrons. The van der Waals surface area contributed by atoms with Crippen molar-refractivity contribution in [2.45, 2.75) is 61.9 Å². The number of fused-ring (bicyclic) bond motifs is 3. The minimum absolute atomic E-state index is 0.183. The number of sulfone groups is 1. The van der Waals surface area contributed by atoms with Crippen molar-refractivity contribution in [3.05, 3.63) is 64.7 Å². The Morgan fingerprint density at radius 3 is 2.54 bits per heavy atom. The summed E-state index contributed by atoms with van der Waals surface area (Å²) in [6.45, 7) is 3.18. The van der Waals surface area contributed by atoms with Crippen LogP contribution in [0, 0.1) is 0 Å². The highest BCUT2D eigenvalue weighted by Crippen LogP contribution is 2.42. The quantitative estimate of drug-likeness (QED) is 0.454. The van der Waals surface area contributed by atoms with Crippen LogP contribution in [0.1, 0.15) is 65.1 Å². The molecule has 37 heavy (non-hydrogen) atoms. The van der Waals surface area contributed by atoms with Crippen molar-refractivity contribution in [1.29, 1.82) is 0 Å². The highest BCUT2D eigenvalue weighted by Gasteiger charge is 2.38. The number of amides is 2. The largest absolute Gasteiger partial charge is 0.465 e. The molecule has 2 aromatic rings. The molecule has 1 heterocycles. The van der Waals surface area contributed by atoms with E-state index in [-0.39, 0.29) is 10.8 Å². The molecule has 0 unspecified atom stereocenters. The van der Waals surface area contributed by atoms with Crippen LogP contribution in [0.15, 0.2) is 47.4 Å². The van der Waals surface area contributed by atoms with Gasteiger partial charge < -0.3 is 15.3 Å². The Bertz CT molecular complexity index is 1230. The van der Waals surface area contributed by atoms with Crippen LogP contribution in [0.5, 0.6) is 0 Å². The van der Waals surface area contributed by atoms with Gasteiger partial charge in [-0.05, 0) is 86.1 Å². The van der Waals surface area contributed by atoms with Gasteiger partial charge in [-0.3, -0.25) is 9.69 Å². The second-order valence-corrected chi connectivity index (χ2v) is 12.3. The fraction of sp³-hybridized carbons (Fsp3) is 0.500. The molecule has 9 heteroatoms. The van der Waals surface area contributed by atoms with Crippen LogP contribution in [-0.4, -0.2) is 74.3 Å². The molecule has 4 rings (SSSR count). The normalized spacial score (nSPS) is 19.2. The van der Waals surface area contributed by atoms with E-state index in [0.717, 1.165) is 63.4 Å². The summed E-state index contributed by atoms with van der Waals surface area (Å²) in [5.41, 5.74) is 4.35. The molecule has 0 bridgehead atoms. The first-order valence-corrected chi connectivity index (χ1v) is 14.9. The van der Waals surface area contributed by atoms with Crippen LogP contribution in [-0.2, 0) is 22.8 Å². The predicted molar refractivity (Wildman–Crippen MR) is 143 cm³/mol. The van der Waals surface area contributed by atoms with E-state index >= 15 is 0 Å². The SMILES string of the molecule is CN(Cc1cccc2c1CC[C@H]1[C@@H]2CCN1CCCCCNC(=O)c1ccc(S(C)(=O)=O)cc1)C(=O)O. The van der Waals surface area contributed by atoms with Crippen LogP contribution in [0.25, 0.3) is 0 Å². The molecule has 1 aliphatic carbocycles. The monoisotopic (exact) mass is 527 g/mol. The summed E-state index contributed by atoms with van der Waals surface area (Å²) < 4.78 is 23.1. The molecule has 2 aliphatic rings. The lowest BCUT2D eigenvalue weighted by Crippen LogP contribution is -2.36. The second kappa shape index (κ2) is 11.6. The number of unbranched alkanes of at least 4 members (excludes halogenated alkanes) is 2. The van der Waals surface area contributed by atoms with Crippen LogP contribution < -0.4 is 5.32 Å². The zero-order valence-electron chi connectivity index (χ0n) is 21.7. The van der Waals surface area contributed by atoms with Gasteiger partial charge in [-0.1, -0.05) is 24.6 Å². The van der Waals surface area contributed by atoms with E-state index in [2.05, 4.69) is 28.4 Å². The number of likely N-dealkylation sites (tertiary alicyclic amines) is 1. The first-order chi connectivity index (χ1) is 17.6. The van der Waals surface area contributed by atoms with Gasteiger partial charge in [0, 0.05) is 43.9 Å². The summed E-state index contributed by atoms with van der Waals surface area (Å²) in [4.78, 5) is 27.8. The Balaban J connectivity index is 1.21. The maximum atomic E-state index is 12.3. The summed E-state index contributed by atoms with van der Waals surface area (Å²) in [6.07, 6.45) is 6.51. The molecule has 1 fully saturated rings. The Morgan fingerprint density at radius 2 is 1.84 bits per heavy atom. The maximum Gasteiger partial charge on any atom is 0.407 e. The molecule has 8 nitrogen and oxygen atoms in total. The highest BCUT2D eigenvalue weighted by atomic mass is 32.2. The van der Waals surface area contributed by atoms with Crippen molar-refractivity contribution < 1.29 is 23.1 Å². The van der Waals surface area contributed by atoms with Gasteiger partial charge in [-0.25, -0.2) is 13.2 Å². The van der Waals surface area contributed by atoms with Crippen molar-refractivity contribution in [2.24, 2.45) is 0 Å². The third-order valence-electron chi connectivity index (χ3n) is 7.75. The summed E-state index contributed by atoms with van der Waals surface area (Å²) in [7, 11) is -1.65. The zero-order valence-corrected chi connectivity index (χ0v) is 22.5. The molecule has 2 amide bonds. The van der Waals surface area contributed by atoms with Gasteiger partial charge >= 0.3 is 6.09 Å². The number of carbonyl (C=O) groups excluding carboxylic acids is 1. The number of hydrogen-bond acceptors (Lipinski definition) is 5. The molecular formula is C28H37N3O5S. The molecule has 2 N–H and O–H groups in total. The number of benzene rings is 2. The Hall–Kier alpha value is -2.91. The summed E-state index contributed by atoms with van der Waals surface area (Å²) in [5, 5.41) is 12.2. The second-order valence-electron chi connectivity index (χ2n) is 10.3. The Morgan fingerprint density at radius 1 is 1.08 bits per heavy atom. The van der Waals surface area contributed by atoms with Crippen LogP contribution in [0.4, 0.5) is 4.79 Å². The zero-order chi connectivity index (χ0) is 26.6. The summed E-state index contributed by atoms with van der Waals surface area (Å²) in [6, 6.07) is 12.9.